The van der Waals surface area contributed by atoms with Crippen molar-refractivity contribution < 1.29 is 19.7 Å². The first-order valence-electron chi connectivity index (χ1n) is 9.11. The number of aromatic hydroxyl groups is 1. The van der Waals surface area contributed by atoms with E-state index in [1.54, 1.807) is 24.3 Å². The number of hydrogen-bond donors (Lipinski definition) is 3. The Morgan fingerprint density at radius 1 is 1.14 bits per heavy atom. The Labute approximate surface area is 174 Å². The second-order valence-electron chi connectivity index (χ2n) is 7.36. The van der Waals surface area contributed by atoms with Gasteiger partial charge in [-0.2, -0.15) is 0 Å². The number of hydrogen-bond acceptors (Lipinski definition) is 4. The molecule has 1 saturated heterocycles. The highest BCUT2D eigenvalue weighted by Crippen LogP contribution is 2.46. The summed E-state index contributed by atoms with van der Waals surface area (Å²) in [6.07, 6.45) is 0.266. The lowest BCUT2D eigenvalue weighted by Crippen LogP contribution is -2.51. The summed E-state index contributed by atoms with van der Waals surface area (Å²) < 4.78 is 6.31. The van der Waals surface area contributed by atoms with E-state index in [0.29, 0.717) is 28.5 Å². The lowest BCUT2D eigenvalue weighted by Gasteiger charge is -2.43. The molecule has 1 aliphatic rings. The first-order valence-corrected chi connectivity index (χ1v) is 9.86. The highest BCUT2D eigenvalue weighted by Gasteiger charge is 2.41. The quantitative estimate of drug-likeness (QED) is 0.658. The number of phenols is 1. The van der Waals surface area contributed by atoms with Crippen LogP contribution < -0.4 is 5.32 Å². The minimum Gasteiger partial charge on any atom is -0.508 e. The summed E-state index contributed by atoms with van der Waals surface area (Å²) >= 11 is 12.1. The molecule has 28 heavy (non-hydrogen) atoms. The predicted molar refractivity (Wildman–Crippen MR) is 109 cm³/mol. The molecule has 2 aromatic rings. The molecule has 1 aliphatic heterocycles. The highest BCUT2D eigenvalue weighted by molar-refractivity contribution is 6.30. The van der Waals surface area contributed by atoms with Gasteiger partial charge in [0, 0.05) is 40.4 Å². The van der Waals surface area contributed by atoms with Crippen LogP contribution in [-0.2, 0) is 9.53 Å². The largest absolute Gasteiger partial charge is 0.508 e. The molecule has 5 nitrogen and oxygen atoms in total. The molecule has 1 heterocycles. The molecule has 0 aromatic heterocycles. The summed E-state index contributed by atoms with van der Waals surface area (Å²) in [7, 11) is 0. The van der Waals surface area contributed by atoms with Gasteiger partial charge in [-0.25, -0.2) is 0 Å². The van der Waals surface area contributed by atoms with Crippen molar-refractivity contribution in [2.45, 2.75) is 43.9 Å². The molecule has 7 heteroatoms. The molecule has 0 spiro atoms. The average molecular weight is 424 g/mol. The molecule has 1 amide bonds. The van der Waals surface area contributed by atoms with Gasteiger partial charge in [-0.1, -0.05) is 35.3 Å². The van der Waals surface area contributed by atoms with Crippen LogP contribution in [0.3, 0.4) is 0 Å². The Morgan fingerprint density at radius 2 is 1.79 bits per heavy atom. The number of carbonyl (C=O) groups is 1. The van der Waals surface area contributed by atoms with Gasteiger partial charge in [0.2, 0.25) is 5.91 Å². The third-order valence-corrected chi connectivity index (χ3v) is 5.45. The lowest BCUT2D eigenvalue weighted by atomic mass is 9.81. The van der Waals surface area contributed by atoms with Crippen LogP contribution in [0.2, 0.25) is 10.0 Å². The van der Waals surface area contributed by atoms with E-state index in [1.165, 1.54) is 6.07 Å². The summed E-state index contributed by atoms with van der Waals surface area (Å²) in [6, 6.07) is 12.2. The first-order chi connectivity index (χ1) is 13.3. The molecular weight excluding hydrogens is 401 g/mol. The standard InChI is InChI=1S/C21H23Cl2NO4/c1-21(24-20(27)8-9-25)11-18(13-2-4-14(22)5-3-13)28-19(12-21)16-10-15(23)6-7-17(16)26/h2-7,10,18-19,25-26H,8-9,11-12H2,1H3,(H,24,27)/t18-,19+,21+/m0/s1. The van der Waals surface area contributed by atoms with E-state index >= 15 is 0 Å². The summed E-state index contributed by atoms with van der Waals surface area (Å²) in [6.45, 7) is 1.74. The molecule has 3 N–H and O–H groups in total. The van der Waals surface area contributed by atoms with Gasteiger partial charge in [-0.3, -0.25) is 4.79 Å². The number of ether oxygens (including phenoxy) is 1. The van der Waals surface area contributed by atoms with Crippen LogP contribution in [0.15, 0.2) is 42.5 Å². The normalized spacial score (nSPS) is 24.7. The second kappa shape index (κ2) is 8.70. The number of rotatable bonds is 5. The predicted octanol–water partition coefficient (Wildman–Crippen LogP) is 4.55. The molecule has 150 valence electrons. The maximum absolute atomic E-state index is 12.2. The average Bonchev–Trinajstić information content (AvgIpc) is 2.63. The zero-order valence-electron chi connectivity index (χ0n) is 15.5. The smallest absolute Gasteiger partial charge is 0.222 e. The minimum absolute atomic E-state index is 0.0368. The van der Waals surface area contributed by atoms with Gasteiger partial charge in [-0.05, 0) is 42.8 Å². The number of carbonyl (C=O) groups excluding carboxylic acids is 1. The minimum atomic E-state index is -0.589. The SMILES string of the molecule is C[C@@]1(NC(=O)CCO)C[C@@H](c2ccc(Cl)cc2)O[C@@H](c2cc(Cl)ccc2O)C1. The number of phenolic OH excluding ortho intramolecular Hbond substituents is 1. The van der Waals surface area contributed by atoms with Crippen molar-refractivity contribution in [3.8, 4) is 5.75 Å². The molecule has 0 aliphatic carbocycles. The van der Waals surface area contributed by atoms with Crippen molar-refractivity contribution in [2.75, 3.05) is 6.61 Å². The Kier molecular flexibility index (Phi) is 6.50. The van der Waals surface area contributed by atoms with E-state index < -0.39 is 11.6 Å². The van der Waals surface area contributed by atoms with Crippen LogP contribution in [0.4, 0.5) is 0 Å². The first kappa shape index (κ1) is 20.9. The van der Waals surface area contributed by atoms with E-state index in [4.69, 9.17) is 33.0 Å². The molecule has 2 aromatic carbocycles. The summed E-state index contributed by atoms with van der Waals surface area (Å²) in [4.78, 5) is 12.2. The third kappa shape index (κ3) is 4.97. The molecule has 0 unspecified atom stereocenters. The van der Waals surface area contributed by atoms with Crippen molar-refractivity contribution in [3.63, 3.8) is 0 Å². The lowest BCUT2D eigenvalue weighted by molar-refractivity contribution is -0.129. The maximum atomic E-state index is 12.2. The van der Waals surface area contributed by atoms with Crippen molar-refractivity contribution in [1.29, 1.82) is 0 Å². The number of aliphatic hydroxyl groups excluding tert-OH is 1. The second-order valence-corrected chi connectivity index (χ2v) is 8.23. The Morgan fingerprint density at radius 3 is 2.46 bits per heavy atom. The third-order valence-electron chi connectivity index (χ3n) is 4.96. The van der Waals surface area contributed by atoms with E-state index in [0.717, 1.165) is 5.56 Å². The van der Waals surface area contributed by atoms with E-state index in [2.05, 4.69) is 5.32 Å². The molecular formula is C21H23Cl2NO4. The van der Waals surface area contributed by atoms with Crippen LogP contribution in [-0.4, -0.2) is 28.3 Å². The van der Waals surface area contributed by atoms with E-state index in [-0.39, 0.29) is 30.8 Å². The van der Waals surface area contributed by atoms with Crippen LogP contribution >= 0.6 is 23.2 Å². The number of amides is 1. The Hall–Kier alpha value is -1.79. The van der Waals surface area contributed by atoms with Crippen LogP contribution in [0.5, 0.6) is 5.75 Å². The van der Waals surface area contributed by atoms with Crippen molar-refractivity contribution in [1.82, 2.24) is 5.32 Å². The fraction of sp³-hybridized carbons (Fsp3) is 0.381. The van der Waals surface area contributed by atoms with Gasteiger partial charge < -0.3 is 20.3 Å². The molecule has 0 radical (unpaired) electrons. The summed E-state index contributed by atoms with van der Waals surface area (Å²) in [5.41, 5.74) is 0.917. The molecule has 3 atom stereocenters. The zero-order chi connectivity index (χ0) is 20.3. The zero-order valence-corrected chi connectivity index (χ0v) is 17.0. The van der Waals surface area contributed by atoms with E-state index in [9.17, 15) is 9.90 Å². The topological polar surface area (TPSA) is 78.8 Å². The molecule has 3 rings (SSSR count). The van der Waals surface area contributed by atoms with Gasteiger partial charge in [-0.15, -0.1) is 0 Å². The highest BCUT2D eigenvalue weighted by atomic mass is 35.5. The molecule has 1 fully saturated rings. The van der Waals surface area contributed by atoms with Crippen molar-refractivity contribution in [2.24, 2.45) is 0 Å². The van der Waals surface area contributed by atoms with Gasteiger partial charge in [0.25, 0.3) is 0 Å². The summed E-state index contributed by atoms with van der Waals surface area (Å²) in [5, 5.41) is 23.5. The van der Waals surface area contributed by atoms with E-state index in [1.807, 2.05) is 19.1 Å². The van der Waals surface area contributed by atoms with Crippen LogP contribution in [0.1, 0.15) is 49.5 Å². The monoisotopic (exact) mass is 423 g/mol. The fourth-order valence-corrected chi connectivity index (χ4v) is 3.95. The molecule has 0 saturated carbocycles. The van der Waals surface area contributed by atoms with Crippen molar-refractivity contribution in [3.05, 3.63) is 63.6 Å². The van der Waals surface area contributed by atoms with Crippen LogP contribution in [0, 0.1) is 0 Å². The Bertz CT molecular complexity index is 843. The maximum Gasteiger partial charge on any atom is 0.222 e. The number of nitrogens with one attached hydrogen (secondary N) is 1. The number of aliphatic hydroxyl groups is 1. The molecule has 0 bridgehead atoms. The van der Waals surface area contributed by atoms with Crippen molar-refractivity contribution >= 4 is 29.1 Å². The summed E-state index contributed by atoms with van der Waals surface area (Å²) in [5.74, 6) is -0.133. The fourth-order valence-electron chi connectivity index (χ4n) is 3.64. The number of halogens is 2. The van der Waals surface area contributed by atoms with Gasteiger partial charge >= 0.3 is 0 Å². The number of benzene rings is 2. The van der Waals surface area contributed by atoms with Gasteiger partial charge in [0.1, 0.15) is 5.75 Å². The van der Waals surface area contributed by atoms with Crippen LogP contribution in [0.25, 0.3) is 0 Å². The Balaban J connectivity index is 1.94. The van der Waals surface area contributed by atoms with Gasteiger partial charge in [0.05, 0.1) is 18.8 Å². The van der Waals surface area contributed by atoms with Gasteiger partial charge in [0.15, 0.2) is 0 Å².